The number of nitriles is 1. The molecule has 0 amide bonds. The number of anilines is 1. The van der Waals surface area contributed by atoms with Gasteiger partial charge in [-0.2, -0.15) is 5.26 Å². The predicted molar refractivity (Wildman–Crippen MR) is 63.3 cm³/mol. The number of hydrogen-bond donors (Lipinski definition) is 1. The lowest BCUT2D eigenvalue weighted by Gasteiger charge is -2.03. The molecule has 0 aliphatic rings. The predicted octanol–water partition coefficient (Wildman–Crippen LogP) is 2.05. The molecule has 0 aliphatic carbocycles. The summed E-state index contributed by atoms with van der Waals surface area (Å²) in [5.41, 5.74) is 1.69. The summed E-state index contributed by atoms with van der Waals surface area (Å²) >= 11 is 0. The number of aromatic nitrogens is 2. The van der Waals surface area contributed by atoms with E-state index in [0.29, 0.717) is 5.95 Å². The van der Waals surface area contributed by atoms with Crippen LogP contribution < -0.4 is 10.1 Å². The standard InChI is InChI=1S/C12H10N4O/c1-17-10-4-2-9(3-5-10)11-6-7-14-12(16-11)15-8-13/h2-7H,1H3,(H,14,15,16). The number of nitrogens with zero attached hydrogens (tertiary/aromatic N) is 3. The summed E-state index contributed by atoms with van der Waals surface area (Å²) < 4.78 is 5.08. The van der Waals surface area contributed by atoms with Crippen molar-refractivity contribution in [3.63, 3.8) is 0 Å². The van der Waals surface area contributed by atoms with Crippen molar-refractivity contribution in [3.05, 3.63) is 36.5 Å². The second kappa shape index (κ2) is 4.94. The van der Waals surface area contributed by atoms with Crippen molar-refractivity contribution in [1.82, 2.24) is 9.97 Å². The number of hydrogen-bond acceptors (Lipinski definition) is 5. The number of rotatable bonds is 3. The van der Waals surface area contributed by atoms with E-state index in [1.807, 2.05) is 24.3 Å². The minimum atomic E-state index is 0.292. The molecule has 84 valence electrons. The molecule has 1 aromatic carbocycles. The van der Waals surface area contributed by atoms with Gasteiger partial charge in [0, 0.05) is 11.8 Å². The lowest BCUT2D eigenvalue weighted by Crippen LogP contribution is -1.96. The molecule has 0 unspecified atom stereocenters. The van der Waals surface area contributed by atoms with Gasteiger partial charge in [0.15, 0.2) is 6.19 Å². The van der Waals surface area contributed by atoms with E-state index in [2.05, 4.69) is 15.3 Å². The average molecular weight is 226 g/mol. The van der Waals surface area contributed by atoms with Crippen LogP contribution in [-0.2, 0) is 0 Å². The highest BCUT2D eigenvalue weighted by Crippen LogP contribution is 2.20. The van der Waals surface area contributed by atoms with Gasteiger partial charge in [0.25, 0.3) is 0 Å². The van der Waals surface area contributed by atoms with Crippen LogP contribution in [0.15, 0.2) is 36.5 Å². The molecule has 5 nitrogen and oxygen atoms in total. The largest absolute Gasteiger partial charge is 0.497 e. The zero-order valence-electron chi connectivity index (χ0n) is 9.21. The van der Waals surface area contributed by atoms with Gasteiger partial charge in [-0.05, 0) is 30.3 Å². The van der Waals surface area contributed by atoms with Crippen LogP contribution >= 0.6 is 0 Å². The van der Waals surface area contributed by atoms with E-state index < -0.39 is 0 Å². The number of benzene rings is 1. The molecule has 2 aromatic rings. The van der Waals surface area contributed by atoms with Crippen molar-refractivity contribution in [2.75, 3.05) is 12.4 Å². The number of methoxy groups -OCH3 is 1. The van der Waals surface area contributed by atoms with E-state index in [0.717, 1.165) is 17.0 Å². The highest BCUT2D eigenvalue weighted by Gasteiger charge is 2.01. The molecular formula is C12H10N4O. The van der Waals surface area contributed by atoms with Crippen molar-refractivity contribution >= 4 is 5.95 Å². The van der Waals surface area contributed by atoms with E-state index in [1.165, 1.54) is 0 Å². The van der Waals surface area contributed by atoms with Crippen LogP contribution in [0.4, 0.5) is 5.95 Å². The number of ether oxygens (including phenoxy) is 1. The molecule has 17 heavy (non-hydrogen) atoms. The Labute approximate surface area is 98.7 Å². The lowest BCUT2D eigenvalue weighted by molar-refractivity contribution is 0.415. The summed E-state index contributed by atoms with van der Waals surface area (Å²) in [4.78, 5) is 8.12. The molecule has 0 saturated heterocycles. The maximum atomic E-state index is 8.49. The van der Waals surface area contributed by atoms with E-state index in [-0.39, 0.29) is 0 Å². The fourth-order valence-electron chi connectivity index (χ4n) is 1.39. The SMILES string of the molecule is COc1ccc(-c2ccnc(NC#N)n2)cc1. The highest BCUT2D eigenvalue weighted by atomic mass is 16.5. The van der Waals surface area contributed by atoms with Gasteiger partial charge in [0.2, 0.25) is 5.95 Å². The normalized spacial score (nSPS) is 9.41. The van der Waals surface area contributed by atoms with Crippen molar-refractivity contribution in [1.29, 1.82) is 5.26 Å². The van der Waals surface area contributed by atoms with Crippen LogP contribution in [0.5, 0.6) is 5.75 Å². The first-order valence-electron chi connectivity index (χ1n) is 4.96. The molecule has 1 N–H and O–H groups in total. The van der Waals surface area contributed by atoms with Crippen LogP contribution in [0.3, 0.4) is 0 Å². The van der Waals surface area contributed by atoms with Gasteiger partial charge in [-0.1, -0.05) is 0 Å². The first kappa shape index (κ1) is 10.9. The van der Waals surface area contributed by atoms with Crippen molar-refractivity contribution in [2.45, 2.75) is 0 Å². The minimum absolute atomic E-state index is 0.292. The van der Waals surface area contributed by atoms with Gasteiger partial charge in [0.1, 0.15) is 5.75 Å². The molecule has 0 atom stereocenters. The van der Waals surface area contributed by atoms with Gasteiger partial charge in [-0.25, -0.2) is 9.97 Å². The average Bonchev–Trinajstić information content (AvgIpc) is 2.40. The van der Waals surface area contributed by atoms with Crippen LogP contribution in [0, 0.1) is 11.5 Å². The van der Waals surface area contributed by atoms with Crippen molar-refractivity contribution < 1.29 is 4.74 Å². The summed E-state index contributed by atoms with van der Waals surface area (Å²) in [6.07, 6.45) is 3.39. The third kappa shape index (κ3) is 2.49. The van der Waals surface area contributed by atoms with E-state index >= 15 is 0 Å². The van der Waals surface area contributed by atoms with Gasteiger partial charge < -0.3 is 4.74 Å². The second-order valence-electron chi connectivity index (χ2n) is 3.23. The molecule has 1 aromatic heterocycles. The Morgan fingerprint density at radius 2 is 2.00 bits per heavy atom. The maximum Gasteiger partial charge on any atom is 0.236 e. The first-order chi connectivity index (χ1) is 8.33. The van der Waals surface area contributed by atoms with E-state index in [1.54, 1.807) is 25.6 Å². The Kier molecular flexibility index (Phi) is 3.17. The quantitative estimate of drug-likeness (QED) is 0.640. The van der Waals surface area contributed by atoms with Gasteiger partial charge in [-0.15, -0.1) is 0 Å². The fraction of sp³-hybridized carbons (Fsp3) is 0.0833. The minimum Gasteiger partial charge on any atom is -0.497 e. The molecule has 2 rings (SSSR count). The monoisotopic (exact) mass is 226 g/mol. The van der Waals surface area contributed by atoms with Gasteiger partial charge >= 0.3 is 0 Å². The molecule has 0 saturated carbocycles. The first-order valence-corrected chi connectivity index (χ1v) is 4.96. The summed E-state index contributed by atoms with van der Waals surface area (Å²) in [6.45, 7) is 0. The smallest absolute Gasteiger partial charge is 0.236 e. The molecule has 1 heterocycles. The van der Waals surface area contributed by atoms with Crippen molar-refractivity contribution in [2.24, 2.45) is 0 Å². The van der Waals surface area contributed by atoms with Crippen LogP contribution in [0.1, 0.15) is 0 Å². The molecule has 0 fully saturated rings. The topological polar surface area (TPSA) is 70.8 Å². The summed E-state index contributed by atoms with van der Waals surface area (Å²) in [5, 5.41) is 10.9. The summed E-state index contributed by atoms with van der Waals surface area (Å²) in [5.74, 6) is 1.08. The molecule has 0 radical (unpaired) electrons. The van der Waals surface area contributed by atoms with Crippen LogP contribution in [0.25, 0.3) is 11.3 Å². The van der Waals surface area contributed by atoms with Crippen molar-refractivity contribution in [3.8, 4) is 23.2 Å². The Balaban J connectivity index is 2.32. The lowest BCUT2D eigenvalue weighted by atomic mass is 10.1. The summed E-state index contributed by atoms with van der Waals surface area (Å²) in [6, 6.07) is 9.29. The Morgan fingerprint density at radius 1 is 1.24 bits per heavy atom. The Morgan fingerprint density at radius 3 is 2.65 bits per heavy atom. The third-order valence-corrected chi connectivity index (χ3v) is 2.21. The Bertz CT molecular complexity index is 545. The van der Waals surface area contributed by atoms with E-state index in [9.17, 15) is 0 Å². The van der Waals surface area contributed by atoms with Crippen LogP contribution in [-0.4, -0.2) is 17.1 Å². The fourth-order valence-corrected chi connectivity index (χ4v) is 1.39. The molecule has 0 aliphatic heterocycles. The third-order valence-electron chi connectivity index (χ3n) is 2.21. The highest BCUT2D eigenvalue weighted by molar-refractivity contribution is 5.61. The van der Waals surface area contributed by atoms with Crippen LogP contribution in [0.2, 0.25) is 0 Å². The maximum absolute atomic E-state index is 8.49. The number of nitrogens with one attached hydrogen (secondary N) is 1. The Hall–Kier alpha value is -2.61. The zero-order chi connectivity index (χ0) is 12.1. The van der Waals surface area contributed by atoms with Gasteiger partial charge in [-0.3, -0.25) is 5.32 Å². The summed E-state index contributed by atoms with van der Waals surface area (Å²) in [7, 11) is 1.62. The zero-order valence-corrected chi connectivity index (χ0v) is 9.21. The molecule has 0 bridgehead atoms. The molecule has 0 spiro atoms. The van der Waals surface area contributed by atoms with E-state index in [4.69, 9.17) is 10.00 Å². The second-order valence-corrected chi connectivity index (χ2v) is 3.23. The van der Waals surface area contributed by atoms with Gasteiger partial charge in [0.05, 0.1) is 12.8 Å². The molecular weight excluding hydrogens is 216 g/mol. The molecule has 5 heteroatoms.